The number of ether oxygens (including phenoxy) is 5. The molecule has 0 bridgehead atoms. The fourth-order valence-electron chi connectivity index (χ4n) is 1.37. The number of aliphatic hydroxyl groups is 1. The van der Waals surface area contributed by atoms with Crippen molar-refractivity contribution >= 4 is 5.97 Å². The van der Waals surface area contributed by atoms with Gasteiger partial charge in [-0.05, 0) is 20.8 Å². The lowest BCUT2D eigenvalue weighted by Crippen LogP contribution is -2.24. The third kappa shape index (κ3) is 17.3. The van der Waals surface area contributed by atoms with Gasteiger partial charge in [0.1, 0.15) is 5.60 Å². The normalized spacial score (nSPS) is 11.6. The summed E-state index contributed by atoms with van der Waals surface area (Å²) in [5.41, 5.74) is -0.455. The maximum Gasteiger partial charge on any atom is 0.308 e. The largest absolute Gasteiger partial charge is 0.460 e. The van der Waals surface area contributed by atoms with Crippen LogP contribution in [0, 0.1) is 0 Å². The average molecular weight is 322 g/mol. The third-order valence-corrected chi connectivity index (χ3v) is 2.22. The fraction of sp³-hybridized carbons (Fsp3) is 0.933. The first-order chi connectivity index (χ1) is 10.5. The number of carbonyl (C=O) groups is 1. The average Bonchev–Trinajstić information content (AvgIpc) is 2.42. The van der Waals surface area contributed by atoms with Gasteiger partial charge in [0.2, 0.25) is 0 Å². The number of hydrogen-bond donors (Lipinski definition) is 1. The Labute approximate surface area is 132 Å². The number of carbonyl (C=O) groups excluding carboxylic acids is 1. The molecule has 0 unspecified atom stereocenters. The Morgan fingerprint density at radius 1 is 0.773 bits per heavy atom. The molecule has 0 radical (unpaired) electrons. The van der Waals surface area contributed by atoms with E-state index >= 15 is 0 Å². The molecule has 0 aromatic heterocycles. The van der Waals surface area contributed by atoms with E-state index in [0.29, 0.717) is 52.9 Å². The zero-order valence-corrected chi connectivity index (χ0v) is 14.0. The number of hydrogen-bond acceptors (Lipinski definition) is 7. The Kier molecular flexibility index (Phi) is 13.4. The van der Waals surface area contributed by atoms with Crippen molar-refractivity contribution in [1.29, 1.82) is 0 Å². The Bertz CT molecular complexity index is 263. The quantitative estimate of drug-likeness (QED) is 0.374. The summed E-state index contributed by atoms with van der Waals surface area (Å²) in [6, 6.07) is 0. The smallest absolute Gasteiger partial charge is 0.308 e. The molecule has 1 N–H and O–H groups in total. The molecule has 7 heteroatoms. The van der Waals surface area contributed by atoms with E-state index in [0.717, 1.165) is 0 Å². The summed E-state index contributed by atoms with van der Waals surface area (Å²) in [6.07, 6.45) is 0.244. The minimum absolute atomic E-state index is 0.0248. The molecule has 7 nitrogen and oxygen atoms in total. The molecule has 0 fully saturated rings. The fourth-order valence-corrected chi connectivity index (χ4v) is 1.37. The molecule has 0 heterocycles. The molecular weight excluding hydrogens is 292 g/mol. The summed E-state index contributed by atoms with van der Waals surface area (Å²) in [4.78, 5) is 11.4. The lowest BCUT2D eigenvalue weighted by molar-refractivity contribution is -0.156. The highest BCUT2D eigenvalue weighted by Gasteiger charge is 2.15. The van der Waals surface area contributed by atoms with Gasteiger partial charge in [-0.3, -0.25) is 4.79 Å². The van der Waals surface area contributed by atoms with E-state index in [1.807, 2.05) is 20.8 Å². The second-order valence-corrected chi connectivity index (χ2v) is 5.51. The van der Waals surface area contributed by atoms with E-state index in [1.54, 1.807) is 0 Å². The van der Waals surface area contributed by atoms with E-state index in [9.17, 15) is 4.79 Å². The first-order valence-corrected chi connectivity index (χ1v) is 7.59. The van der Waals surface area contributed by atoms with Crippen molar-refractivity contribution in [2.24, 2.45) is 0 Å². The zero-order valence-electron chi connectivity index (χ0n) is 14.0. The van der Waals surface area contributed by atoms with Crippen molar-refractivity contribution in [3.63, 3.8) is 0 Å². The number of rotatable bonds is 14. The van der Waals surface area contributed by atoms with E-state index < -0.39 is 5.60 Å². The zero-order chi connectivity index (χ0) is 16.7. The molecule has 0 amide bonds. The standard InChI is InChI=1S/C15H30O7/c1-15(2,3)22-14(17)4-6-18-8-10-20-12-13-21-11-9-19-7-5-16/h16H,4-13H2,1-3H3. The minimum atomic E-state index is -0.455. The maximum absolute atomic E-state index is 11.4. The van der Waals surface area contributed by atoms with Crippen LogP contribution in [0.2, 0.25) is 0 Å². The van der Waals surface area contributed by atoms with Crippen molar-refractivity contribution < 1.29 is 33.6 Å². The summed E-state index contributed by atoms with van der Waals surface area (Å²) in [7, 11) is 0. The van der Waals surface area contributed by atoms with Gasteiger partial charge in [-0.1, -0.05) is 0 Å². The molecule has 132 valence electrons. The maximum atomic E-state index is 11.4. The van der Waals surface area contributed by atoms with Gasteiger partial charge in [0.15, 0.2) is 0 Å². The summed E-state index contributed by atoms with van der Waals surface area (Å²) in [6.45, 7) is 9.00. The van der Waals surface area contributed by atoms with Gasteiger partial charge in [-0.15, -0.1) is 0 Å². The van der Waals surface area contributed by atoms with Crippen LogP contribution in [0.25, 0.3) is 0 Å². The Morgan fingerprint density at radius 3 is 1.59 bits per heavy atom. The monoisotopic (exact) mass is 322 g/mol. The highest BCUT2D eigenvalue weighted by Crippen LogP contribution is 2.07. The van der Waals surface area contributed by atoms with E-state index in [1.165, 1.54) is 0 Å². The van der Waals surface area contributed by atoms with Crippen molar-refractivity contribution in [3.05, 3.63) is 0 Å². The van der Waals surface area contributed by atoms with Gasteiger partial charge < -0.3 is 28.8 Å². The Hall–Kier alpha value is -0.730. The van der Waals surface area contributed by atoms with Gasteiger partial charge in [-0.25, -0.2) is 0 Å². The van der Waals surface area contributed by atoms with Gasteiger partial charge in [0.25, 0.3) is 0 Å². The Balaban J connectivity index is 3.16. The van der Waals surface area contributed by atoms with Gasteiger partial charge >= 0.3 is 5.97 Å². The van der Waals surface area contributed by atoms with Crippen LogP contribution in [0.15, 0.2) is 0 Å². The molecule has 0 aliphatic heterocycles. The molecular formula is C15H30O7. The van der Waals surface area contributed by atoms with E-state index in [-0.39, 0.29) is 19.0 Å². The first kappa shape index (κ1) is 21.3. The number of esters is 1. The molecule has 22 heavy (non-hydrogen) atoms. The molecule has 0 aliphatic rings. The second kappa shape index (κ2) is 13.9. The lowest BCUT2D eigenvalue weighted by atomic mass is 10.2. The number of aliphatic hydroxyl groups excluding tert-OH is 1. The highest BCUT2D eigenvalue weighted by atomic mass is 16.6. The molecule has 0 saturated carbocycles. The van der Waals surface area contributed by atoms with Crippen LogP contribution in [-0.4, -0.2) is 76.1 Å². The van der Waals surface area contributed by atoms with Crippen LogP contribution in [-0.2, 0) is 28.5 Å². The first-order valence-electron chi connectivity index (χ1n) is 7.59. The third-order valence-electron chi connectivity index (χ3n) is 2.22. The van der Waals surface area contributed by atoms with Crippen molar-refractivity contribution in [2.45, 2.75) is 32.8 Å². The molecule has 0 atom stereocenters. The predicted molar refractivity (Wildman–Crippen MR) is 80.8 cm³/mol. The topological polar surface area (TPSA) is 83.5 Å². The summed E-state index contributed by atoms with van der Waals surface area (Å²) in [5.74, 6) is -0.259. The predicted octanol–water partition coefficient (Wildman–Crippen LogP) is 0.777. The van der Waals surface area contributed by atoms with Crippen LogP contribution in [0.3, 0.4) is 0 Å². The van der Waals surface area contributed by atoms with Crippen molar-refractivity contribution in [1.82, 2.24) is 0 Å². The van der Waals surface area contributed by atoms with Crippen LogP contribution < -0.4 is 0 Å². The van der Waals surface area contributed by atoms with Gasteiger partial charge in [0, 0.05) is 0 Å². The molecule has 0 aromatic carbocycles. The molecule has 0 aliphatic carbocycles. The second-order valence-electron chi connectivity index (χ2n) is 5.51. The summed E-state index contributed by atoms with van der Waals surface area (Å²) in [5, 5.41) is 8.48. The van der Waals surface area contributed by atoms with Crippen molar-refractivity contribution in [2.75, 3.05) is 59.5 Å². The summed E-state index contributed by atoms with van der Waals surface area (Å²) < 4.78 is 26.0. The highest BCUT2D eigenvalue weighted by molar-refractivity contribution is 5.69. The lowest BCUT2D eigenvalue weighted by Gasteiger charge is -2.19. The molecule has 0 aromatic rings. The SMILES string of the molecule is CC(C)(C)OC(=O)CCOCCOCCOCCOCCO. The van der Waals surface area contributed by atoms with Crippen LogP contribution in [0.4, 0.5) is 0 Å². The van der Waals surface area contributed by atoms with Gasteiger partial charge in [0.05, 0.1) is 65.9 Å². The van der Waals surface area contributed by atoms with Crippen LogP contribution in [0.5, 0.6) is 0 Å². The van der Waals surface area contributed by atoms with Crippen LogP contribution in [0.1, 0.15) is 27.2 Å². The summed E-state index contributed by atoms with van der Waals surface area (Å²) >= 11 is 0. The molecule has 0 spiro atoms. The van der Waals surface area contributed by atoms with Crippen molar-refractivity contribution in [3.8, 4) is 0 Å². The molecule has 0 rings (SSSR count). The molecule has 0 saturated heterocycles. The van der Waals surface area contributed by atoms with E-state index in [2.05, 4.69) is 0 Å². The minimum Gasteiger partial charge on any atom is -0.460 e. The Morgan fingerprint density at radius 2 is 1.18 bits per heavy atom. The van der Waals surface area contributed by atoms with Gasteiger partial charge in [-0.2, -0.15) is 0 Å². The van der Waals surface area contributed by atoms with Crippen LogP contribution >= 0.6 is 0 Å². The van der Waals surface area contributed by atoms with E-state index in [4.69, 9.17) is 28.8 Å².